The van der Waals surface area contributed by atoms with Gasteiger partial charge in [0.25, 0.3) is 0 Å². The third kappa shape index (κ3) is 3.17. The Bertz CT molecular complexity index is 1080. The summed E-state index contributed by atoms with van der Waals surface area (Å²) in [4.78, 5) is 0. The van der Waals surface area contributed by atoms with Crippen LogP contribution in [0.15, 0.2) is 18.2 Å². The minimum atomic E-state index is -4.54. The van der Waals surface area contributed by atoms with E-state index in [0.717, 1.165) is 11.1 Å². The highest BCUT2D eigenvalue weighted by molar-refractivity contribution is 7.89. The lowest BCUT2D eigenvalue weighted by molar-refractivity contribution is -0.142. The molecule has 2 aliphatic heterocycles. The van der Waals surface area contributed by atoms with Crippen LogP contribution in [0.2, 0.25) is 0 Å². The van der Waals surface area contributed by atoms with Crippen molar-refractivity contribution in [3.8, 4) is 5.69 Å². The zero-order valence-corrected chi connectivity index (χ0v) is 16.4. The Kier molecular flexibility index (Phi) is 4.31. The molecule has 1 aromatic carbocycles. The molecule has 0 spiro atoms. The smallest absolute Gasteiger partial charge is 0.376 e. The topological polar surface area (TPSA) is 64.4 Å². The fourth-order valence-corrected chi connectivity index (χ4v) is 6.40. The first-order chi connectivity index (χ1) is 13.7. The van der Waals surface area contributed by atoms with Crippen LogP contribution in [-0.4, -0.2) is 47.4 Å². The van der Waals surface area contributed by atoms with E-state index in [9.17, 15) is 21.6 Å². The van der Waals surface area contributed by atoms with Gasteiger partial charge in [-0.1, -0.05) is 6.07 Å². The molecule has 3 heterocycles. The lowest BCUT2D eigenvalue weighted by Gasteiger charge is -2.21. The fourth-order valence-electron chi connectivity index (χ4n) is 4.66. The van der Waals surface area contributed by atoms with Crippen molar-refractivity contribution in [2.75, 3.05) is 18.9 Å². The first-order valence-corrected chi connectivity index (χ1v) is 11.2. The summed E-state index contributed by atoms with van der Waals surface area (Å²) in [5, 5.41) is 3.88. The van der Waals surface area contributed by atoms with Crippen LogP contribution in [0.4, 0.5) is 13.2 Å². The Morgan fingerprint density at radius 1 is 1.17 bits per heavy atom. The van der Waals surface area contributed by atoms with Crippen LogP contribution >= 0.6 is 0 Å². The summed E-state index contributed by atoms with van der Waals surface area (Å²) in [6.07, 6.45) is -2.33. The van der Waals surface area contributed by atoms with Gasteiger partial charge in [-0.05, 0) is 42.5 Å². The second kappa shape index (κ2) is 6.55. The van der Waals surface area contributed by atoms with Crippen molar-refractivity contribution < 1.29 is 26.3 Å². The number of rotatable bonds is 2. The van der Waals surface area contributed by atoms with Crippen LogP contribution in [0.25, 0.3) is 5.69 Å². The number of halogens is 3. The van der Waals surface area contributed by atoms with Gasteiger partial charge in [0.2, 0.25) is 10.0 Å². The van der Waals surface area contributed by atoms with E-state index in [4.69, 9.17) is 4.74 Å². The van der Waals surface area contributed by atoms with Crippen LogP contribution in [0.5, 0.6) is 0 Å². The summed E-state index contributed by atoms with van der Waals surface area (Å²) in [7, 11) is -3.20. The molecule has 0 N–H and O–H groups in total. The van der Waals surface area contributed by atoms with Crippen LogP contribution in [0.3, 0.4) is 0 Å². The van der Waals surface area contributed by atoms with E-state index in [-0.39, 0.29) is 24.0 Å². The first-order valence-electron chi connectivity index (χ1n) is 9.61. The van der Waals surface area contributed by atoms with E-state index in [0.29, 0.717) is 50.2 Å². The Morgan fingerprint density at radius 2 is 1.97 bits per heavy atom. The van der Waals surface area contributed by atoms with Gasteiger partial charge in [0, 0.05) is 24.6 Å². The average Bonchev–Trinajstić information content (AvgIpc) is 3.34. The molecule has 0 amide bonds. The number of alkyl halides is 3. The average molecular weight is 427 g/mol. The van der Waals surface area contributed by atoms with E-state index in [1.54, 1.807) is 10.4 Å². The number of ether oxygens (including phenoxy) is 1. The lowest BCUT2D eigenvalue weighted by atomic mass is 10.1. The van der Waals surface area contributed by atoms with Gasteiger partial charge in [-0.3, -0.25) is 0 Å². The molecular weight excluding hydrogens is 407 g/mol. The molecular formula is C19H20F3N3O3S. The van der Waals surface area contributed by atoms with E-state index >= 15 is 0 Å². The summed E-state index contributed by atoms with van der Waals surface area (Å²) in [6.45, 7) is 0.801. The van der Waals surface area contributed by atoms with Crippen LogP contribution in [-0.2, 0) is 46.8 Å². The molecule has 6 nitrogen and oxygen atoms in total. The van der Waals surface area contributed by atoms with Crippen molar-refractivity contribution in [1.29, 1.82) is 0 Å². The first kappa shape index (κ1) is 19.1. The van der Waals surface area contributed by atoms with Crippen LogP contribution in [0, 0.1) is 0 Å². The van der Waals surface area contributed by atoms with Crippen molar-refractivity contribution in [1.82, 2.24) is 14.1 Å². The molecule has 156 valence electrons. The second-order valence-electron chi connectivity index (χ2n) is 7.78. The maximum atomic E-state index is 13.4. The molecule has 1 saturated heterocycles. The van der Waals surface area contributed by atoms with Gasteiger partial charge in [-0.2, -0.15) is 22.6 Å². The summed E-state index contributed by atoms with van der Waals surface area (Å²) in [6, 6.07) is 5.38. The quantitative estimate of drug-likeness (QED) is 0.739. The molecule has 1 atom stereocenters. The monoisotopic (exact) mass is 427 g/mol. The Labute approximate surface area is 166 Å². The van der Waals surface area contributed by atoms with E-state index in [1.165, 1.54) is 4.68 Å². The molecule has 1 fully saturated rings. The number of benzene rings is 1. The molecule has 5 rings (SSSR count). The number of hydrogen-bond acceptors (Lipinski definition) is 4. The fraction of sp³-hybridized carbons (Fsp3) is 0.526. The predicted molar refractivity (Wildman–Crippen MR) is 98.2 cm³/mol. The molecule has 3 aliphatic rings. The number of hydrogen-bond donors (Lipinski definition) is 0. The van der Waals surface area contributed by atoms with E-state index in [2.05, 4.69) is 5.10 Å². The summed E-state index contributed by atoms with van der Waals surface area (Å²) >= 11 is 0. The third-order valence-electron chi connectivity index (χ3n) is 5.98. The molecule has 0 unspecified atom stereocenters. The van der Waals surface area contributed by atoms with Crippen LogP contribution < -0.4 is 0 Å². The Morgan fingerprint density at radius 3 is 2.69 bits per heavy atom. The zero-order valence-electron chi connectivity index (χ0n) is 15.6. The Hall–Kier alpha value is -1.91. The molecule has 0 radical (unpaired) electrons. The van der Waals surface area contributed by atoms with Crippen molar-refractivity contribution in [2.45, 2.75) is 44.5 Å². The van der Waals surface area contributed by atoms with Gasteiger partial charge in [0.15, 0.2) is 5.69 Å². The highest BCUT2D eigenvalue weighted by Crippen LogP contribution is 2.37. The number of nitrogens with zero attached hydrogens (tertiary/aromatic N) is 3. The molecule has 0 saturated carbocycles. The molecule has 29 heavy (non-hydrogen) atoms. The standard InChI is InChI=1S/C19H20F3N3O3S/c20-19(21,22)18-16-11-28-6-4-17(16)25(23-18)14-3-2-12-8-15(10-13(12)9-14)24-5-1-7-29(24,26)27/h2-3,9,15H,1,4-8,10-11H2/t15-/m0/s1. The zero-order chi connectivity index (χ0) is 20.4. The van der Waals surface area contributed by atoms with E-state index < -0.39 is 21.9 Å². The van der Waals surface area contributed by atoms with Crippen molar-refractivity contribution >= 4 is 10.0 Å². The number of fused-ring (bicyclic) bond motifs is 2. The van der Waals surface area contributed by atoms with Crippen molar-refractivity contribution in [3.05, 3.63) is 46.3 Å². The highest BCUT2D eigenvalue weighted by atomic mass is 32.2. The van der Waals surface area contributed by atoms with Crippen molar-refractivity contribution in [2.24, 2.45) is 0 Å². The minimum absolute atomic E-state index is 0.0932. The number of sulfonamides is 1. The summed E-state index contributed by atoms with van der Waals surface area (Å²) in [5.74, 6) is 0.187. The molecule has 1 aliphatic carbocycles. The van der Waals surface area contributed by atoms with Crippen molar-refractivity contribution in [3.63, 3.8) is 0 Å². The maximum Gasteiger partial charge on any atom is 0.435 e. The highest BCUT2D eigenvalue weighted by Gasteiger charge is 2.41. The molecule has 0 bridgehead atoms. The number of aromatic nitrogens is 2. The molecule has 10 heteroatoms. The minimum Gasteiger partial charge on any atom is -0.376 e. The normalized spacial score (nSPS) is 23.9. The Balaban J connectivity index is 1.50. The van der Waals surface area contributed by atoms with E-state index in [1.807, 2.05) is 12.1 Å². The summed E-state index contributed by atoms with van der Waals surface area (Å²) in [5.41, 5.74) is 2.32. The SMILES string of the molecule is O=S1(=O)CCCN1[C@H]1Cc2ccc(-n3nc(C(F)(F)F)c4c3CCOC4)cc2C1. The van der Waals surface area contributed by atoms with Gasteiger partial charge >= 0.3 is 6.18 Å². The van der Waals surface area contributed by atoms with Gasteiger partial charge in [-0.25, -0.2) is 13.1 Å². The maximum absolute atomic E-state index is 13.4. The van der Waals surface area contributed by atoms with Gasteiger partial charge in [0.1, 0.15) is 0 Å². The van der Waals surface area contributed by atoms with Crippen LogP contribution in [0.1, 0.15) is 34.5 Å². The molecule has 2 aromatic rings. The summed E-state index contributed by atoms with van der Waals surface area (Å²) < 4.78 is 73.0. The predicted octanol–water partition coefficient (Wildman–Crippen LogP) is 2.47. The van der Waals surface area contributed by atoms with Gasteiger partial charge < -0.3 is 4.74 Å². The molecule has 1 aromatic heterocycles. The lowest BCUT2D eigenvalue weighted by Crippen LogP contribution is -2.37. The van der Waals surface area contributed by atoms with Gasteiger partial charge in [-0.15, -0.1) is 0 Å². The largest absolute Gasteiger partial charge is 0.435 e. The second-order valence-corrected chi connectivity index (χ2v) is 9.82. The third-order valence-corrected chi connectivity index (χ3v) is 7.98. The van der Waals surface area contributed by atoms with Gasteiger partial charge in [0.05, 0.1) is 30.3 Å².